The molecule has 3 heteroatoms. The molecule has 0 aromatic carbocycles. The first-order chi connectivity index (χ1) is 2.64. The second-order valence-electron chi connectivity index (χ2n) is 1.24. The third-order valence-electron chi connectivity index (χ3n) is 0.390. The Bertz CT molecular complexity index is 31.8. The minimum Gasteiger partial charge on any atom is -0.285 e. The highest BCUT2D eigenvalue weighted by atomic mass is 127. The van der Waals surface area contributed by atoms with Crippen LogP contribution in [0.5, 0.6) is 0 Å². The van der Waals surface area contributed by atoms with Crippen LogP contribution in [0.3, 0.4) is 0 Å². The van der Waals surface area contributed by atoms with Gasteiger partial charge in [0.15, 0.2) is 0 Å². The van der Waals surface area contributed by atoms with E-state index < -0.39 is 0 Å². The Morgan fingerprint density at radius 1 is 1.67 bits per heavy atom. The zero-order valence-electron chi connectivity index (χ0n) is 3.78. The van der Waals surface area contributed by atoms with E-state index in [4.69, 9.17) is 11.6 Å². The van der Waals surface area contributed by atoms with Crippen molar-refractivity contribution in [3.8, 4) is 0 Å². The fourth-order valence-corrected chi connectivity index (χ4v) is 0. The van der Waals surface area contributed by atoms with Crippen molar-refractivity contribution in [1.29, 1.82) is 0 Å². The van der Waals surface area contributed by atoms with Gasteiger partial charge in [-0.2, -0.15) is 0 Å². The average molecular weight is 219 g/mol. The van der Waals surface area contributed by atoms with E-state index in [9.17, 15) is 0 Å². The predicted octanol–water partition coefficient (Wildman–Crippen LogP) is 1.51. The highest BCUT2D eigenvalue weighted by Crippen LogP contribution is 2.06. The number of halogens is 2. The molecule has 0 saturated carbocycles. The minimum absolute atomic E-state index is 0.127. The van der Waals surface area contributed by atoms with Gasteiger partial charge in [0.2, 0.25) is 0 Å². The van der Waals surface area contributed by atoms with Gasteiger partial charge in [0.05, 0.1) is 0 Å². The summed E-state index contributed by atoms with van der Waals surface area (Å²) in [5.41, 5.74) is 0. The van der Waals surface area contributed by atoms with Crippen LogP contribution in [0.2, 0.25) is 0 Å². The van der Waals surface area contributed by atoms with Crippen LogP contribution >= 0.6 is 34.2 Å². The smallest absolute Gasteiger partial charge is 0.137 e. The van der Waals surface area contributed by atoms with Crippen molar-refractivity contribution in [1.82, 2.24) is 4.90 Å². The summed E-state index contributed by atoms with van der Waals surface area (Å²) in [5, 5.41) is 0. The molecule has 1 nitrogen and oxygen atoms in total. The Labute approximate surface area is 56.8 Å². The summed E-state index contributed by atoms with van der Waals surface area (Å²) in [7, 11) is 3.87. The lowest BCUT2D eigenvalue weighted by Gasteiger charge is -2.08. The second-order valence-corrected chi connectivity index (χ2v) is 3.57. The van der Waals surface area contributed by atoms with Crippen LogP contribution in [0.25, 0.3) is 0 Å². The molecule has 1 atom stereocenters. The first-order valence-corrected chi connectivity index (χ1v) is 3.27. The Morgan fingerprint density at radius 3 is 1.83 bits per heavy atom. The summed E-state index contributed by atoms with van der Waals surface area (Å²) in [4.78, 5) is 1.92. The Balaban J connectivity index is 2.99. The molecule has 0 spiro atoms. The molecule has 0 rings (SSSR count). The molecule has 1 unspecified atom stereocenters. The molecule has 0 bridgehead atoms. The number of hydrogen-bond acceptors (Lipinski definition) is 1. The van der Waals surface area contributed by atoms with Gasteiger partial charge < -0.3 is 0 Å². The molecule has 0 fully saturated rings. The van der Waals surface area contributed by atoms with Crippen molar-refractivity contribution in [2.24, 2.45) is 0 Å². The van der Waals surface area contributed by atoms with Gasteiger partial charge in [-0.1, -0.05) is 11.6 Å². The zero-order valence-corrected chi connectivity index (χ0v) is 6.69. The largest absolute Gasteiger partial charge is 0.285 e. The molecular formula is C3H7ClIN. The maximum atomic E-state index is 5.53. The van der Waals surface area contributed by atoms with Crippen molar-refractivity contribution in [2.45, 2.75) is 3.51 Å². The summed E-state index contributed by atoms with van der Waals surface area (Å²) >= 11 is 7.65. The molecule has 0 heterocycles. The maximum Gasteiger partial charge on any atom is 0.137 e. The van der Waals surface area contributed by atoms with E-state index >= 15 is 0 Å². The normalized spacial score (nSPS) is 15.5. The Kier molecular flexibility index (Phi) is 3.54. The summed E-state index contributed by atoms with van der Waals surface area (Å²) in [6.07, 6.45) is 0. The molecule has 0 aliphatic rings. The molecule has 0 N–H and O–H groups in total. The Hall–Kier alpha value is 0.980. The van der Waals surface area contributed by atoms with Crippen LogP contribution in [0.4, 0.5) is 0 Å². The van der Waals surface area contributed by atoms with E-state index in [1.54, 1.807) is 0 Å². The standard InChI is InChI=1S/C3H7ClIN/c1-6(2)3(4)5/h3H,1-2H3. The molecule has 0 aromatic heterocycles. The van der Waals surface area contributed by atoms with E-state index in [1.165, 1.54) is 0 Å². The first-order valence-electron chi connectivity index (χ1n) is 1.59. The first kappa shape index (κ1) is 6.98. The highest BCUT2D eigenvalue weighted by Gasteiger charge is 1.95. The van der Waals surface area contributed by atoms with Gasteiger partial charge in [0.25, 0.3) is 0 Å². The minimum atomic E-state index is 0.127. The second kappa shape index (κ2) is 3.04. The van der Waals surface area contributed by atoms with E-state index in [1.807, 2.05) is 19.0 Å². The van der Waals surface area contributed by atoms with E-state index in [0.29, 0.717) is 0 Å². The molecule has 0 amide bonds. The third kappa shape index (κ3) is 3.18. The Morgan fingerprint density at radius 2 is 1.83 bits per heavy atom. The van der Waals surface area contributed by atoms with Gasteiger partial charge >= 0.3 is 0 Å². The number of alkyl halides is 2. The molecule has 0 aliphatic carbocycles. The molecule has 0 radical (unpaired) electrons. The van der Waals surface area contributed by atoms with Crippen molar-refractivity contribution in [3.63, 3.8) is 0 Å². The van der Waals surface area contributed by atoms with Gasteiger partial charge in [0, 0.05) is 0 Å². The molecule has 0 aliphatic heterocycles. The lowest BCUT2D eigenvalue weighted by molar-refractivity contribution is 0.467. The topological polar surface area (TPSA) is 3.24 Å². The van der Waals surface area contributed by atoms with E-state index in [2.05, 4.69) is 22.6 Å². The van der Waals surface area contributed by atoms with Crippen LogP contribution in [0, 0.1) is 0 Å². The highest BCUT2D eigenvalue weighted by molar-refractivity contribution is 14.1. The third-order valence-corrected chi connectivity index (χ3v) is 1.89. The number of hydrogen-bond donors (Lipinski definition) is 0. The van der Waals surface area contributed by atoms with Crippen LogP contribution in [-0.4, -0.2) is 22.5 Å². The summed E-state index contributed by atoms with van der Waals surface area (Å²) in [6.45, 7) is 0. The van der Waals surface area contributed by atoms with Crippen LogP contribution in [0.15, 0.2) is 0 Å². The van der Waals surface area contributed by atoms with Gasteiger partial charge in [-0.3, -0.25) is 4.90 Å². The van der Waals surface area contributed by atoms with E-state index in [0.717, 1.165) is 0 Å². The van der Waals surface area contributed by atoms with Gasteiger partial charge in [0.1, 0.15) is 3.51 Å². The SMILES string of the molecule is CN(C)C(Cl)I. The van der Waals surface area contributed by atoms with Crippen molar-refractivity contribution < 1.29 is 0 Å². The number of nitrogens with zero attached hydrogens (tertiary/aromatic N) is 1. The quantitative estimate of drug-likeness (QED) is 0.367. The lowest BCUT2D eigenvalue weighted by Crippen LogP contribution is -2.14. The molecule has 0 saturated heterocycles. The molecule has 0 aromatic rings. The monoisotopic (exact) mass is 219 g/mol. The van der Waals surface area contributed by atoms with Crippen molar-refractivity contribution in [2.75, 3.05) is 14.1 Å². The number of rotatable bonds is 1. The summed E-state index contributed by atoms with van der Waals surface area (Å²) in [6, 6.07) is 0. The summed E-state index contributed by atoms with van der Waals surface area (Å²) in [5.74, 6) is 0. The van der Waals surface area contributed by atoms with Crippen LogP contribution < -0.4 is 0 Å². The predicted molar refractivity (Wildman–Crippen MR) is 37.3 cm³/mol. The van der Waals surface area contributed by atoms with Crippen LogP contribution in [-0.2, 0) is 0 Å². The van der Waals surface area contributed by atoms with Crippen molar-refractivity contribution in [3.05, 3.63) is 0 Å². The fraction of sp³-hybridized carbons (Fsp3) is 1.00. The molecule has 6 heavy (non-hydrogen) atoms. The van der Waals surface area contributed by atoms with Gasteiger partial charge in [-0.25, -0.2) is 0 Å². The van der Waals surface area contributed by atoms with Gasteiger partial charge in [-0.05, 0) is 36.7 Å². The fourth-order valence-electron chi connectivity index (χ4n) is 0. The van der Waals surface area contributed by atoms with Gasteiger partial charge in [-0.15, -0.1) is 0 Å². The summed E-state index contributed by atoms with van der Waals surface area (Å²) < 4.78 is 0.127. The van der Waals surface area contributed by atoms with E-state index in [-0.39, 0.29) is 3.51 Å². The zero-order chi connectivity index (χ0) is 5.15. The lowest BCUT2D eigenvalue weighted by atomic mass is 11.0. The molecule has 38 valence electrons. The average Bonchev–Trinajstić information content (AvgIpc) is 1.36. The van der Waals surface area contributed by atoms with Crippen molar-refractivity contribution >= 4 is 34.2 Å². The maximum absolute atomic E-state index is 5.53. The molecular weight excluding hydrogens is 212 g/mol. The van der Waals surface area contributed by atoms with Crippen LogP contribution in [0.1, 0.15) is 0 Å².